The highest BCUT2D eigenvalue weighted by Crippen LogP contribution is 2.29. The lowest BCUT2D eigenvalue weighted by Gasteiger charge is -2.10. The molecule has 0 aliphatic carbocycles. The summed E-state index contributed by atoms with van der Waals surface area (Å²) in [5.74, 6) is 0.659. The molecule has 1 amide bonds. The largest absolute Gasteiger partial charge is 0.349 e. The average molecular weight is 257 g/mol. The molecule has 0 aromatic carbocycles. The normalized spacial score (nSPS) is 18.6. The van der Waals surface area contributed by atoms with E-state index in [2.05, 4.69) is 20.4 Å². The Morgan fingerprint density at radius 1 is 1.32 bits per heavy atom. The van der Waals surface area contributed by atoms with Crippen molar-refractivity contribution in [3.63, 3.8) is 0 Å². The number of rotatable bonds is 2. The predicted molar refractivity (Wildman–Crippen MR) is 68.7 cm³/mol. The Morgan fingerprint density at radius 2 is 2.05 bits per heavy atom. The van der Waals surface area contributed by atoms with E-state index in [1.165, 1.54) is 0 Å². The molecule has 3 rings (SSSR count). The highest BCUT2D eigenvalue weighted by molar-refractivity contribution is 5.78. The fourth-order valence-electron chi connectivity index (χ4n) is 2.58. The van der Waals surface area contributed by atoms with Crippen molar-refractivity contribution < 1.29 is 4.79 Å². The van der Waals surface area contributed by atoms with Crippen molar-refractivity contribution in [2.24, 2.45) is 0 Å². The van der Waals surface area contributed by atoms with Crippen LogP contribution >= 0.6 is 0 Å². The fraction of sp³-hybridized carbons (Fsp3) is 0.385. The first-order valence-corrected chi connectivity index (χ1v) is 6.29. The molecule has 0 bridgehead atoms. The summed E-state index contributed by atoms with van der Waals surface area (Å²) in [6.45, 7) is 3.93. The minimum Gasteiger partial charge on any atom is -0.349 e. The smallest absolute Gasteiger partial charge is 0.250 e. The monoisotopic (exact) mass is 257 g/mol. The number of hydrogen-bond acceptors (Lipinski definition) is 4. The van der Waals surface area contributed by atoms with Gasteiger partial charge in [-0.2, -0.15) is 5.10 Å². The molecule has 1 saturated heterocycles. The minimum absolute atomic E-state index is 0.0602. The van der Waals surface area contributed by atoms with Crippen LogP contribution in [-0.2, 0) is 4.79 Å². The van der Waals surface area contributed by atoms with Gasteiger partial charge in [-0.05, 0) is 26.3 Å². The topological polar surface area (TPSA) is 72.7 Å². The number of nitrogens with zero attached hydrogens (tertiary/aromatic N) is 4. The van der Waals surface area contributed by atoms with E-state index < -0.39 is 0 Å². The standard InChI is InChI=1S/C13H15N5O/c1-8-12(10-4-5-11(19)16-10)9(2)18(17-8)13-14-6-3-7-15-13/h3,6-7,10H,4-5H2,1-2H3,(H,16,19). The third kappa shape index (κ3) is 1.99. The van der Waals surface area contributed by atoms with Gasteiger partial charge in [0, 0.05) is 24.4 Å². The molecule has 1 aliphatic heterocycles. The molecular weight excluding hydrogens is 242 g/mol. The molecule has 6 heteroatoms. The summed E-state index contributed by atoms with van der Waals surface area (Å²) in [6.07, 6.45) is 4.78. The number of aryl methyl sites for hydroxylation is 1. The predicted octanol–water partition coefficient (Wildman–Crippen LogP) is 1.23. The van der Waals surface area contributed by atoms with Crippen LogP contribution < -0.4 is 5.32 Å². The maximum absolute atomic E-state index is 11.4. The number of aromatic nitrogens is 4. The first-order valence-electron chi connectivity index (χ1n) is 6.29. The lowest BCUT2D eigenvalue weighted by molar-refractivity contribution is -0.119. The molecule has 19 heavy (non-hydrogen) atoms. The molecule has 1 fully saturated rings. The molecule has 1 N–H and O–H groups in total. The third-order valence-electron chi connectivity index (χ3n) is 3.43. The summed E-state index contributed by atoms with van der Waals surface area (Å²) >= 11 is 0. The first kappa shape index (κ1) is 11.8. The lowest BCUT2D eigenvalue weighted by atomic mass is 10.0. The zero-order valence-corrected chi connectivity index (χ0v) is 10.9. The van der Waals surface area contributed by atoms with Crippen molar-refractivity contribution in [1.82, 2.24) is 25.1 Å². The zero-order valence-electron chi connectivity index (χ0n) is 10.9. The molecule has 6 nitrogen and oxygen atoms in total. The van der Waals surface area contributed by atoms with Gasteiger partial charge in [-0.3, -0.25) is 4.79 Å². The van der Waals surface area contributed by atoms with Crippen LogP contribution in [0.5, 0.6) is 0 Å². The molecule has 1 unspecified atom stereocenters. The van der Waals surface area contributed by atoms with E-state index in [4.69, 9.17) is 0 Å². The van der Waals surface area contributed by atoms with E-state index in [1.54, 1.807) is 23.1 Å². The quantitative estimate of drug-likeness (QED) is 0.878. The summed E-state index contributed by atoms with van der Waals surface area (Å²) < 4.78 is 1.73. The van der Waals surface area contributed by atoms with Crippen LogP contribution in [-0.4, -0.2) is 25.7 Å². The van der Waals surface area contributed by atoms with Crippen molar-refractivity contribution in [3.05, 3.63) is 35.4 Å². The van der Waals surface area contributed by atoms with Crippen LogP contribution in [0.2, 0.25) is 0 Å². The molecule has 0 saturated carbocycles. The van der Waals surface area contributed by atoms with Crippen molar-refractivity contribution in [2.75, 3.05) is 0 Å². The zero-order chi connectivity index (χ0) is 13.4. The van der Waals surface area contributed by atoms with Gasteiger partial charge in [-0.15, -0.1) is 0 Å². The Labute approximate surface area is 110 Å². The second-order valence-electron chi connectivity index (χ2n) is 4.70. The molecule has 98 valence electrons. The van der Waals surface area contributed by atoms with Crippen molar-refractivity contribution in [3.8, 4) is 5.95 Å². The number of amides is 1. The van der Waals surface area contributed by atoms with Gasteiger partial charge in [0.2, 0.25) is 5.91 Å². The van der Waals surface area contributed by atoms with Gasteiger partial charge >= 0.3 is 0 Å². The molecule has 0 spiro atoms. The van der Waals surface area contributed by atoms with Gasteiger partial charge in [0.25, 0.3) is 5.95 Å². The third-order valence-corrected chi connectivity index (χ3v) is 3.43. The number of hydrogen-bond donors (Lipinski definition) is 1. The number of nitrogens with one attached hydrogen (secondary N) is 1. The fourth-order valence-corrected chi connectivity index (χ4v) is 2.58. The van der Waals surface area contributed by atoms with E-state index in [0.717, 1.165) is 23.4 Å². The molecular formula is C13H15N5O. The molecule has 2 aromatic rings. The molecule has 2 aromatic heterocycles. The van der Waals surface area contributed by atoms with Gasteiger partial charge in [0.1, 0.15) is 0 Å². The lowest BCUT2D eigenvalue weighted by Crippen LogP contribution is -2.19. The van der Waals surface area contributed by atoms with Crippen LogP contribution in [0.1, 0.15) is 35.8 Å². The van der Waals surface area contributed by atoms with Gasteiger partial charge in [-0.1, -0.05) is 0 Å². The van der Waals surface area contributed by atoms with Gasteiger partial charge in [0.05, 0.1) is 17.4 Å². The van der Waals surface area contributed by atoms with Crippen LogP contribution in [0, 0.1) is 13.8 Å². The van der Waals surface area contributed by atoms with Crippen LogP contribution in [0.15, 0.2) is 18.5 Å². The summed E-state index contributed by atoms with van der Waals surface area (Å²) in [5, 5.41) is 7.47. The van der Waals surface area contributed by atoms with Gasteiger partial charge in [-0.25, -0.2) is 14.6 Å². The molecule has 0 radical (unpaired) electrons. The second-order valence-corrected chi connectivity index (χ2v) is 4.70. The van der Waals surface area contributed by atoms with Gasteiger partial charge < -0.3 is 5.32 Å². The minimum atomic E-state index is 0.0602. The van der Waals surface area contributed by atoms with E-state index in [1.807, 2.05) is 13.8 Å². The highest BCUT2D eigenvalue weighted by atomic mass is 16.1. The molecule has 3 heterocycles. The second kappa shape index (κ2) is 4.46. The Bertz CT molecular complexity index is 619. The van der Waals surface area contributed by atoms with Crippen LogP contribution in [0.4, 0.5) is 0 Å². The van der Waals surface area contributed by atoms with E-state index >= 15 is 0 Å². The number of carbonyl (C=O) groups is 1. The Morgan fingerprint density at radius 3 is 2.68 bits per heavy atom. The SMILES string of the molecule is Cc1nn(-c2ncccn2)c(C)c1C1CCC(=O)N1. The van der Waals surface area contributed by atoms with Crippen molar-refractivity contribution in [2.45, 2.75) is 32.7 Å². The maximum Gasteiger partial charge on any atom is 0.250 e. The summed E-state index contributed by atoms with van der Waals surface area (Å²) in [6, 6.07) is 1.83. The Hall–Kier alpha value is -2.24. The summed E-state index contributed by atoms with van der Waals surface area (Å²) in [7, 11) is 0. The Balaban J connectivity index is 2.04. The van der Waals surface area contributed by atoms with Crippen molar-refractivity contribution >= 4 is 5.91 Å². The number of carbonyl (C=O) groups excluding carboxylic acids is 1. The van der Waals surface area contributed by atoms with Gasteiger partial charge in [0.15, 0.2) is 0 Å². The first-order chi connectivity index (χ1) is 9.16. The van der Waals surface area contributed by atoms with E-state index in [0.29, 0.717) is 12.4 Å². The summed E-state index contributed by atoms with van der Waals surface area (Å²) in [4.78, 5) is 19.8. The van der Waals surface area contributed by atoms with Crippen molar-refractivity contribution in [1.29, 1.82) is 0 Å². The maximum atomic E-state index is 11.4. The Kier molecular flexibility index (Phi) is 2.77. The van der Waals surface area contributed by atoms with Crippen LogP contribution in [0.3, 0.4) is 0 Å². The molecule has 1 atom stereocenters. The van der Waals surface area contributed by atoms with E-state index in [9.17, 15) is 4.79 Å². The average Bonchev–Trinajstić information content (AvgIpc) is 2.95. The van der Waals surface area contributed by atoms with E-state index in [-0.39, 0.29) is 11.9 Å². The highest BCUT2D eigenvalue weighted by Gasteiger charge is 2.28. The van der Waals surface area contributed by atoms with Crippen LogP contribution in [0.25, 0.3) is 5.95 Å². The summed E-state index contributed by atoms with van der Waals surface area (Å²) in [5.41, 5.74) is 2.98. The molecule has 1 aliphatic rings.